The van der Waals surface area contributed by atoms with E-state index in [9.17, 15) is 4.79 Å². The predicted octanol–water partition coefficient (Wildman–Crippen LogP) is 1.68. The van der Waals surface area contributed by atoms with Gasteiger partial charge in [-0.2, -0.15) is 0 Å². The van der Waals surface area contributed by atoms with E-state index in [-0.39, 0.29) is 12.1 Å². The van der Waals surface area contributed by atoms with Gasteiger partial charge in [0.25, 0.3) is 0 Å². The normalized spacial score (nSPS) is 17.3. The second kappa shape index (κ2) is 6.83. The number of ether oxygens (including phenoxy) is 1. The summed E-state index contributed by atoms with van der Waals surface area (Å²) in [7, 11) is 0. The summed E-state index contributed by atoms with van der Waals surface area (Å²) in [6.45, 7) is 7.50. The maximum absolute atomic E-state index is 12.0. The molecule has 1 aliphatic rings. The molecule has 2 amide bonds. The number of amides is 2. The summed E-state index contributed by atoms with van der Waals surface area (Å²) in [6.07, 6.45) is 0. The Morgan fingerprint density at radius 2 is 2.32 bits per heavy atom. The molecule has 7 heteroatoms. The van der Waals surface area contributed by atoms with Gasteiger partial charge in [0.1, 0.15) is 0 Å². The minimum atomic E-state index is -0.0969. The molecule has 1 aromatic rings. The Kier molecular flexibility index (Phi) is 5.12. The van der Waals surface area contributed by atoms with Gasteiger partial charge in [-0.3, -0.25) is 5.32 Å². The average Bonchev–Trinajstić information content (AvgIpc) is 2.88. The minimum absolute atomic E-state index is 0.0969. The molecule has 1 fully saturated rings. The molecule has 1 aliphatic heterocycles. The van der Waals surface area contributed by atoms with Gasteiger partial charge in [-0.25, -0.2) is 9.78 Å². The van der Waals surface area contributed by atoms with Crippen molar-refractivity contribution >= 4 is 22.5 Å². The number of hydrogen-bond acceptors (Lipinski definition) is 5. The lowest BCUT2D eigenvalue weighted by molar-refractivity contribution is 0.0564. The molecule has 0 bridgehead atoms. The molecular formula is C12H20N4O2S. The zero-order valence-electron chi connectivity index (χ0n) is 11.3. The van der Waals surface area contributed by atoms with Crippen LogP contribution in [0.3, 0.4) is 0 Å². The van der Waals surface area contributed by atoms with Crippen LogP contribution in [0.5, 0.6) is 0 Å². The fraction of sp³-hybridized carbons (Fsp3) is 0.667. The number of carbonyl (C=O) groups excluding carboxylic acids is 1. The summed E-state index contributed by atoms with van der Waals surface area (Å²) in [6, 6.07) is 0.107. The van der Waals surface area contributed by atoms with Gasteiger partial charge in [-0.15, -0.1) is 11.3 Å². The van der Waals surface area contributed by atoms with Crippen LogP contribution < -0.4 is 10.6 Å². The third-order valence-electron chi connectivity index (χ3n) is 2.99. The van der Waals surface area contributed by atoms with E-state index in [0.717, 1.165) is 12.2 Å². The number of aromatic nitrogens is 1. The smallest absolute Gasteiger partial charge is 0.323 e. The van der Waals surface area contributed by atoms with Gasteiger partial charge >= 0.3 is 6.03 Å². The van der Waals surface area contributed by atoms with E-state index in [1.807, 2.05) is 5.38 Å². The highest BCUT2D eigenvalue weighted by molar-refractivity contribution is 7.13. The van der Waals surface area contributed by atoms with Crippen molar-refractivity contribution in [3.8, 4) is 0 Å². The monoisotopic (exact) mass is 284 g/mol. The third kappa shape index (κ3) is 3.89. The first kappa shape index (κ1) is 14.2. The molecular weight excluding hydrogens is 264 g/mol. The number of anilines is 1. The van der Waals surface area contributed by atoms with Crippen molar-refractivity contribution in [2.75, 3.05) is 38.2 Å². The Bertz CT molecular complexity index is 418. The van der Waals surface area contributed by atoms with Crippen LogP contribution in [0, 0.1) is 0 Å². The molecule has 2 heterocycles. The summed E-state index contributed by atoms with van der Waals surface area (Å²) in [5.41, 5.74) is 0.962. The van der Waals surface area contributed by atoms with E-state index < -0.39 is 0 Å². The van der Waals surface area contributed by atoms with Crippen molar-refractivity contribution in [3.05, 3.63) is 11.1 Å². The number of hydrogen-bond donors (Lipinski definition) is 2. The maximum Gasteiger partial charge on any atom is 0.323 e. The van der Waals surface area contributed by atoms with Gasteiger partial charge in [0.15, 0.2) is 5.13 Å². The minimum Gasteiger partial charge on any atom is -0.378 e. The molecule has 0 aromatic carbocycles. The maximum atomic E-state index is 12.0. The molecule has 2 N–H and O–H groups in total. The van der Waals surface area contributed by atoms with Crippen molar-refractivity contribution < 1.29 is 9.53 Å². The molecule has 1 unspecified atom stereocenters. The lowest BCUT2D eigenvalue weighted by Crippen LogP contribution is -2.43. The number of carbonyl (C=O) groups is 1. The Morgan fingerprint density at radius 3 is 3.00 bits per heavy atom. The number of urea groups is 1. The molecule has 19 heavy (non-hydrogen) atoms. The van der Waals surface area contributed by atoms with Crippen LogP contribution in [0.4, 0.5) is 9.93 Å². The highest BCUT2D eigenvalue weighted by Crippen LogP contribution is 2.20. The van der Waals surface area contributed by atoms with Gasteiger partial charge in [0.05, 0.1) is 18.9 Å². The molecule has 1 aromatic heterocycles. The Labute approximate surface area is 117 Å². The van der Waals surface area contributed by atoms with Gasteiger partial charge in [-0.1, -0.05) is 6.92 Å². The number of thiazole rings is 1. The van der Waals surface area contributed by atoms with E-state index in [2.05, 4.69) is 29.5 Å². The van der Waals surface area contributed by atoms with Crippen LogP contribution in [0.2, 0.25) is 0 Å². The summed E-state index contributed by atoms with van der Waals surface area (Å²) in [5, 5.41) is 8.76. The first-order chi connectivity index (χ1) is 9.20. The van der Waals surface area contributed by atoms with Crippen molar-refractivity contribution in [1.29, 1.82) is 0 Å². The molecule has 0 radical (unpaired) electrons. The van der Waals surface area contributed by atoms with Crippen LogP contribution in [0.1, 0.15) is 25.6 Å². The molecule has 0 aliphatic carbocycles. The molecule has 6 nitrogen and oxygen atoms in total. The second-order valence-electron chi connectivity index (χ2n) is 4.39. The van der Waals surface area contributed by atoms with Crippen LogP contribution in [-0.4, -0.2) is 48.8 Å². The van der Waals surface area contributed by atoms with E-state index >= 15 is 0 Å². The van der Waals surface area contributed by atoms with Gasteiger partial charge in [0, 0.05) is 24.5 Å². The van der Waals surface area contributed by atoms with Crippen LogP contribution >= 0.6 is 11.3 Å². The topological polar surface area (TPSA) is 66.5 Å². The highest BCUT2D eigenvalue weighted by atomic mass is 32.1. The van der Waals surface area contributed by atoms with Crippen LogP contribution in [0.15, 0.2) is 5.38 Å². The van der Waals surface area contributed by atoms with E-state index in [1.54, 1.807) is 4.90 Å². The third-order valence-corrected chi connectivity index (χ3v) is 3.76. The first-order valence-corrected chi connectivity index (χ1v) is 7.41. The van der Waals surface area contributed by atoms with Crippen LogP contribution in [-0.2, 0) is 4.74 Å². The molecule has 2 rings (SSSR count). The van der Waals surface area contributed by atoms with Crippen molar-refractivity contribution in [1.82, 2.24) is 15.2 Å². The van der Waals surface area contributed by atoms with E-state index in [1.165, 1.54) is 11.3 Å². The number of nitrogens with one attached hydrogen (secondary N) is 2. The Balaban J connectivity index is 1.90. The second-order valence-corrected chi connectivity index (χ2v) is 5.24. The number of nitrogens with zero attached hydrogens (tertiary/aromatic N) is 2. The molecule has 1 saturated heterocycles. The lowest BCUT2D eigenvalue weighted by atomic mass is 10.3. The molecule has 106 valence electrons. The van der Waals surface area contributed by atoms with E-state index in [0.29, 0.717) is 31.4 Å². The first-order valence-electron chi connectivity index (χ1n) is 6.53. The number of rotatable bonds is 4. The molecule has 1 atom stereocenters. The fourth-order valence-corrected chi connectivity index (χ4v) is 2.68. The highest BCUT2D eigenvalue weighted by Gasteiger charge is 2.18. The van der Waals surface area contributed by atoms with Crippen molar-refractivity contribution in [2.45, 2.75) is 19.9 Å². The van der Waals surface area contributed by atoms with Crippen molar-refractivity contribution in [3.63, 3.8) is 0 Å². The van der Waals surface area contributed by atoms with Crippen molar-refractivity contribution in [2.24, 2.45) is 0 Å². The van der Waals surface area contributed by atoms with E-state index in [4.69, 9.17) is 4.74 Å². The predicted molar refractivity (Wildman–Crippen MR) is 75.6 cm³/mol. The Morgan fingerprint density at radius 1 is 1.58 bits per heavy atom. The quantitative estimate of drug-likeness (QED) is 0.883. The van der Waals surface area contributed by atoms with Gasteiger partial charge < -0.3 is 15.0 Å². The van der Waals surface area contributed by atoms with Gasteiger partial charge in [-0.05, 0) is 13.5 Å². The average molecular weight is 284 g/mol. The molecule has 0 spiro atoms. The zero-order chi connectivity index (χ0) is 13.7. The molecule has 0 saturated carbocycles. The summed E-state index contributed by atoms with van der Waals surface area (Å²) in [5.74, 6) is 0. The SMILES string of the molecule is CCNC(C)c1csc(NC(=O)N2CCOCC2)n1. The lowest BCUT2D eigenvalue weighted by Gasteiger charge is -2.26. The zero-order valence-corrected chi connectivity index (χ0v) is 12.1. The summed E-state index contributed by atoms with van der Waals surface area (Å²) in [4.78, 5) is 18.2. The Hall–Kier alpha value is -1.18. The number of morpholine rings is 1. The largest absolute Gasteiger partial charge is 0.378 e. The van der Waals surface area contributed by atoms with Crippen LogP contribution in [0.25, 0.3) is 0 Å². The summed E-state index contributed by atoms with van der Waals surface area (Å²) < 4.78 is 5.22. The van der Waals surface area contributed by atoms with Gasteiger partial charge in [0.2, 0.25) is 0 Å². The fourth-order valence-electron chi connectivity index (χ4n) is 1.89. The standard InChI is InChI=1S/C12H20N4O2S/c1-3-13-9(2)10-8-19-11(14-10)15-12(17)16-4-6-18-7-5-16/h8-9,13H,3-7H2,1-2H3,(H,14,15,17). The summed E-state index contributed by atoms with van der Waals surface area (Å²) >= 11 is 1.46.